The molecular formula is C17H22N2O6. The van der Waals surface area contributed by atoms with Gasteiger partial charge >= 0.3 is 12.1 Å². The maximum atomic E-state index is 11.9. The van der Waals surface area contributed by atoms with Crippen LogP contribution in [0.2, 0.25) is 0 Å². The smallest absolute Gasteiger partial charge is 0.422 e. The molecule has 0 aliphatic carbocycles. The molecule has 1 N–H and O–H groups in total. The van der Waals surface area contributed by atoms with Gasteiger partial charge in [0.25, 0.3) is 0 Å². The highest BCUT2D eigenvalue weighted by Gasteiger charge is 2.18. The van der Waals surface area contributed by atoms with Crippen LogP contribution in [0.1, 0.15) is 11.1 Å². The number of benzene rings is 1. The number of nitrogens with zero attached hydrogens (tertiary/aromatic N) is 1. The van der Waals surface area contributed by atoms with Crippen LogP contribution in [0.4, 0.5) is 4.79 Å². The van der Waals surface area contributed by atoms with Gasteiger partial charge in [0.1, 0.15) is 12.2 Å². The molecule has 25 heavy (non-hydrogen) atoms. The number of esters is 1. The molecular weight excluding hydrogens is 328 g/mol. The maximum absolute atomic E-state index is 11.9. The van der Waals surface area contributed by atoms with E-state index in [1.807, 2.05) is 0 Å². The van der Waals surface area contributed by atoms with Gasteiger partial charge in [-0.2, -0.15) is 0 Å². The molecule has 8 nitrogen and oxygen atoms in total. The van der Waals surface area contributed by atoms with Gasteiger partial charge in [-0.25, -0.2) is 14.6 Å². The summed E-state index contributed by atoms with van der Waals surface area (Å²) >= 11 is 0. The van der Waals surface area contributed by atoms with Crippen LogP contribution in [0.5, 0.6) is 0 Å². The number of carbonyl (C=O) groups excluding carboxylic acids is 2. The minimum absolute atomic E-state index is 0.00436. The average Bonchev–Trinajstić information content (AvgIpc) is 2.65. The van der Waals surface area contributed by atoms with E-state index >= 15 is 0 Å². The van der Waals surface area contributed by atoms with Crippen molar-refractivity contribution in [2.24, 2.45) is 0 Å². The summed E-state index contributed by atoms with van der Waals surface area (Å²) in [6.07, 6.45) is 0.741. The molecule has 0 saturated carbocycles. The van der Waals surface area contributed by atoms with Crippen LogP contribution in [0.25, 0.3) is 5.57 Å². The number of hydrogen-bond acceptors (Lipinski definition) is 7. The minimum Gasteiger partial charge on any atom is -0.503 e. The van der Waals surface area contributed by atoms with Crippen molar-refractivity contribution in [2.75, 3.05) is 40.5 Å². The number of rotatable bonds is 6. The number of carbonyl (C=O) groups is 2. The number of amides is 1. The lowest BCUT2D eigenvalue weighted by Crippen LogP contribution is -2.48. The second kappa shape index (κ2) is 9.65. The number of morpholine rings is 1. The standard InChI is InChI=1S/C17H22N2O6/c1-22-12-15(16(20)23-2)14-6-4-3-5-13(14)11-25-17(21)18-19-7-9-24-10-8-19/h3-6,12H,7-11H2,1-2H3,(H,18,21)/b15-12+. The minimum atomic E-state index is -0.563. The predicted octanol–water partition coefficient (Wildman–Crippen LogP) is 1.32. The highest BCUT2D eigenvalue weighted by atomic mass is 16.6. The number of hydrogen-bond donors (Lipinski definition) is 1. The molecule has 1 aromatic carbocycles. The largest absolute Gasteiger partial charge is 0.503 e. The first-order valence-corrected chi connectivity index (χ1v) is 7.81. The Balaban J connectivity index is 2.03. The Morgan fingerprint density at radius 2 is 1.96 bits per heavy atom. The summed E-state index contributed by atoms with van der Waals surface area (Å²) in [6, 6.07) is 7.08. The predicted molar refractivity (Wildman–Crippen MR) is 89.2 cm³/mol. The first-order valence-electron chi connectivity index (χ1n) is 7.81. The van der Waals surface area contributed by atoms with Crippen LogP contribution < -0.4 is 5.43 Å². The van der Waals surface area contributed by atoms with Gasteiger partial charge in [-0.3, -0.25) is 5.43 Å². The molecule has 0 spiro atoms. The van der Waals surface area contributed by atoms with Crippen molar-refractivity contribution >= 4 is 17.6 Å². The summed E-state index contributed by atoms with van der Waals surface area (Å²) < 4.78 is 20.2. The zero-order chi connectivity index (χ0) is 18.1. The molecule has 1 saturated heterocycles. The third-order valence-corrected chi connectivity index (χ3v) is 3.57. The molecule has 1 aliphatic rings. The van der Waals surface area contributed by atoms with Crippen molar-refractivity contribution in [3.8, 4) is 0 Å². The van der Waals surface area contributed by atoms with E-state index in [1.165, 1.54) is 20.5 Å². The van der Waals surface area contributed by atoms with Crippen LogP contribution in [-0.4, -0.2) is 57.6 Å². The van der Waals surface area contributed by atoms with E-state index in [9.17, 15) is 9.59 Å². The van der Waals surface area contributed by atoms with Crippen molar-refractivity contribution in [2.45, 2.75) is 6.61 Å². The lowest BCUT2D eigenvalue weighted by atomic mass is 10.0. The van der Waals surface area contributed by atoms with Crippen molar-refractivity contribution < 1.29 is 28.5 Å². The van der Waals surface area contributed by atoms with Crippen molar-refractivity contribution in [1.29, 1.82) is 0 Å². The van der Waals surface area contributed by atoms with Gasteiger partial charge in [0.2, 0.25) is 0 Å². The first-order chi connectivity index (χ1) is 12.2. The second-order valence-corrected chi connectivity index (χ2v) is 5.20. The number of hydrazine groups is 1. The zero-order valence-corrected chi connectivity index (χ0v) is 14.3. The van der Waals surface area contributed by atoms with Gasteiger partial charge in [0.05, 0.1) is 33.7 Å². The summed E-state index contributed by atoms with van der Waals surface area (Å²) in [6.45, 7) is 2.34. The van der Waals surface area contributed by atoms with E-state index in [-0.39, 0.29) is 12.2 Å². The summed E-state index contributed by atoms with van der Waals surface area (Å²) in [5.41, 5.74) is 4.15. The third kappa shape index (κ3) is 5.47. The highest BCUT2D eigenvalue weighted by Crippen LogP contribution is 2.21. The van der Waals surface area contributed by atoms with E-state index < -0.39 is 12.1 Å². The van der Waals surface area contributed by atoms with Crippen molar-refractivity contribution in [1.82, 2.24) is 10.4 Å². The van der Waals surface area contributed by atoms with Gasteiger partial charge < -0.3 is 18.9 Å². The molecule has 1 heterocycles. The lowest BCUT2D eigenvalue weighted by Gasteiger charge is -2.26. The van der Waals surface area contributed by atoms with Crippen molar-refractivity contribution in [3.63, 3.8) is 0 Å². The van der Waals surface area contributed by atoms with E-state index in [4.69, 9.17) is 18.9 Å². The van der Waals surface area contributed by atoms with Gasteiger partial charge in [-0.05, 0) is 11.1 Å². The van der Waals surface area contributed by atoms with E-state index in [1.54, 1.807) is 29.3 Å². The molecule has 1 aromatic rings. The van der Waals surface area contributed by atoms with E-state index in [0.717, 1.165) is 0 Å². The lowest BCUT2D eigenvalue weighted by molar-refractivity contribution is -0.133. The Hall–Kier alpha value is -2.58. The Kier molecular flexibility index (Phi) is 7.24. The fourth-order valence-corrected chi connectivity index (χ4v) is 2.34. The summed E-state index contributed by atoms with van der Waals surface area (Å²) in [7, 11) is 2.73. The molecule has 0 aromatic heterocycles. The summed E-state index contributed by atoms with van der Waals surface area (Å²) in [5, 5.41) is 1.74. The molecule has 1 fully saturated rings. The third-order valence-electron chi connectivity index (χ3n) is 3.57. The van der Waals surface area contributed by atoms with Crippen LogP contribution in [-0.2, 0) is 30.3 Å². The van der Waals surface area contributed by atoms with Crippen LogP contribution in [0, 0.1) is 0 Å². The Labute approximate surface area is 146 Å². The molecule has 0 unspecified atom stereocenters. The van der Waals surface area contributed by atoms with E-state index in [0.29, 0.717) is 37.4 Å². The monoisotopic (exact) mass is 350 g/mol. The zero-order valence-electron chi connectivity index (χ0n) is 14.3. The molecule has 0 atom stereocenters. The van der Waals surface area contributed by atoms with E-state index in [2.05, 4.69) is 5.43 Å². The molecule has 0 radical (unpaired) electrons. The molecule has 2 rings (SSSR count). The number of nitrogens with one attached hydrogen (secondary N) is 1. The number of methoxy groups -OCH3 is 2. The van der Waals surface area contributed by atoms with Gasteiger partial charge in [-0.15, -0.1) is 0 Å². The normalized spacial score (nSPS) is 15.4. The fraction of sp³-hybridized carbons (Fsp3) is 0.412. The molecule has 136 valence electrons. The van der Waals surface area contributed by atoms with Gasteiger partial charge in [-0.1, -0.05) is 24.3 Å². The van der Waals surface area contributed by atoms with Crippen LogP contribution >= 0.6 is 0 Å². The van der Waals surface area contributed by atoms with Gasteiger partial charge in [0, 0.05) is 13.1 Å². The first kappa shape index (κ1) is 18.8. The molecule has 1 amide bonds. The topological polar surface area (TPSA) is 86.3 Å². The second-order valence-electron chi connectivity index (χ2n) is 5.20. The average molecular weight is 350 g/mol. The molecule has 8 heteroatoms. The summed E-state index contributed by atoms with van der Waals surface area (Å²) in [4.78, 5) is 23.9. The van der Waals surface area contributed by atoms with Crippen LogP contribution in [0.3, 0.4) is 0 Å². The maximum Gasteiger partial charge on any atom is 0.422 e. The summed E-state index contributed by atoms with van der Waals surface area (Å²) in [5.74, 6) is -0.535. The molecule has 1 aliphatic heterocycles. The van der Waals surface area contributed by atoms with Gasteiger partial charge in [0.15, 0.2) is 0 Å². The Morgan fingerprint density at radius 3 is 2.64 bits per heavy atom. The SMILES string of the molecule is CO/C=C(/C(=O)OC)c1ccccc1COC(=O)NN1CCOCC1. The van der Waals surface area contributed by atoms with Crippen molar-refractivity contribution in [3.05, 3.63) is 41.7 Å². The Morgan fingerprint density at radius 1 is 1.24 bits per heavy atom. The quantitative estimate of drug-likeness (QED) is 0.470. The Bertz CT molecular complexity index is 625. The molecule has 0 bridgehead atoms. The number of ether oxygens (including phenoxy) is 4. The van der Waals surface area contributed by atoms with Crippen LogP contribution in [0.15, 0.2) is 30.5 Å². The highest BCUT2D eigenvalue weighted by molar-refractivity contribution is 6.16. The fourth-order valence-electron chi connectivity index (χ4n) is 2.34.